The molecule has 0 aromatic carbocycles. The van der Waals surface area contributed by atoms with E-state index in [4.69, 9.17) is 5.26 Å². The largest absolute Gasteiger partial charge is 0.264 e. The molecule has 0 rings (SSSR count). The Kier molecular flexibility index (Phi) is 3.07. The average Bonchev–Trinajstić information content (AvgIpc) is 1.61. The van der Waals surface area contributed by atoms with Gasteiger partial charge in [0.2, 0.25) is 6.19 Å². The summed E-state index contributed by atoms with van der Waals surface area (Å²) < 4.78 is 0. The Balaban J connectivity index is 2.86. The van der Waals surface area contributed by atoms with Crippen LogP contribution in [-0.4, -0.2) is 6.10 Å². The van der Waals surface area contributed by atoms with Crippen molar-refractivity contribution >= 4 is 0 Å². The second kappa shape index (κ2) is 3.44. The maximum absolute atomic E-state index is 7.83. The fraction of sp³-hybridized carbons (Fsp3) is 0.750. The number of rotatable bonds is 2. The quantitative estimate of drug-likeness (QED) is 0.310. The van der Waals surface area contributed by atoms with Crippen LogP contribution in [0.2, 0.25) is 0 Å². The van der Waals surface area contributed by atoms with E-state index in [2.05, 4.69) is 10.3 Å². The Bertz CT molecular complexity index is 74.2. The molecule has 0 unspecified atom stereocenters. The zero-order chi connectivity index (χ0) is 5.70. The van der Waals surface area contributed by atoms with Crippen LogP contribution >= 0.6 is 0 Å². The second-order valence-electron chi connectivity index (χ2n) is 1.38. The Morgan fingerprint density at radius 2 is 2.29 bits per heavy atom. The van der Waals surface area contributed by atoms with Gasteiger partial charge >= 0.3 is 0 Å². The number of nitrogens with one attached hydrogen (secondary N) is 1. The third-order valence-electron chi connectivity index (χ3n) is 0.340. The molecule has 0 aliphatic rings. The molecule has 0 fully saturated rings. The Hall–Kier alpha value is -0.750. The van der Waals surface area contributed by atoms with Gasteiger partial charge in [0.25, 0.3) is 0 Å². The van der Waals surface area contributed by atoms with E-state index in [1.54, 1.807) is 6.19 Å². The maximum Gasteiger partial charge on any atom is 0.202 e. The van der Waals surface area contributed by atoms with Gasteiger partial charge in [-0.3, -0.25) is 4.84 Å². The molecule has 0 aliphatic carbocycles. The highest BCUT2D eigenvalue weighted by Gasteiger charge is 1.86. The predicted octanol–water partition coefficient (Wildman–Crippen LogP) is 0.397. The summed E-state index contributed by atoms with van der Waals surface area (Å²) >= 11 is 0. The molecule has 0 aromatic rings. The summed E-state index contributed by atoms with van der Waals surface area (Å²) in [5.74, 6) is 0. The average molecular weight is 100 g/mol. The van der Waals surface area contributed by atoms with Crippen LogP contribution in [0.15, 0.2) is 0 Å². The Labute approximate surface area is 42.8 Å². The van der Waals surface area contributed by atoms with E-state index < -0.39 is 0 Å². The van der Waals surface area contributed by atoms with Crippen molar-refractivity contribution in [3.05, 3.63) is 0 Å². The molecule has 0 aromatic heterocycles. The van der Waals surface area contributed by atoms with Crippen LogP contribution in [0.3, 0.4) is 0 Å². The van der Waals surface area contributed by atoms with Gasteiger partial charge in [0, 0.05) is 0 Å². The summed E-state index contributed by atoms with van der Waals surface area (Å²) in [6.07, 6.45) is 1.70. The van der Waals surface area contributed by atoms with E-state index in [1.165, 1.54) is 0 Å². The standard InChI is InChI=1S/C4H8N2O/c1-4(2)7-6-3-5/h4,6H,1-2H3. The molecular formula is C4H8N2O. The van der Waals surface area contributed by atoms with Gasteiger partial charge in [0.1, 0.15) is 0 Å². The van der Waals surface area contributed by atoms with Gasteiger partial charge in [0.15, 0.2) is 0 Å². The van der Waals surface area contributed by atoms with Crippen molar-refractivity contribution < 1.29 is 4.84 Å². The first-order chi connectivity index (χ1) is 3.27. The summed E-state index contributed by atoms with van der Waals surface area (Å²) in [6.45, 7) is 3.68. The van der Waals surface area contributed by atoms with E-state index >= 15 is 0 Å². The summed E-state index contributed by atoms with van der Waals surface area (Å²) in [5, 5.41) is 7.83. The van der Waals surface area contributed by atoms with Crippen molar-refractivity contribution in [2.45, 2.75) is 20.0 Å². The summed E-state index contributed by atoms with van der Waals surface area (Å²) in [7, 11) is 0. The van der Waals surface area contributed by atoms with Crippen LogP contribution < -0.4 is 5.48 Å². The third kappa shape index (κ3) is 5.25. The highest BCUT2D eigenvalue weighted by molar-refractivity contribution is 4.53. The lowest BCUT2D eigenvalue weighted by Gasteiger charge is -1.99. The molecular weight excluding hydrogens is 92.1 g/mol. The molecule has 40 valence electrons. The van der Waals surface area contributed by atoms with Crippen molar-refractivity contribution in [2.24, 2.45) is 0 Å². The number of hydroxylamine groups is 1. The van der Waals surface area contributed by atoms with Crippen LogP contribution in [0.1, 0.15) is 13.8 Å². The molecule has 3 heteroatoms. The Morgan fingerprint density at radius 1 is 1.71 bits per heavy atom. The lowest BCUT2D eigenvalue weighted by molar-refractivity contribution is 0.0258. The fourth-order valence-corrected chi connectivity index (χ4v) is 0.144. The zero-order valence-corrected chi connectivity index (χ0v) is 4.43. The molecule has 0 amide bonds. The molecule has 0 radical (unpaired) electrons. The molecule has 0 saturated carbocycles. The highest BCUT2D eigenvalue weighted by Crippen LogP contribution is 1.78. The normalized spacial score (nSPS) is 8.29. The molecule has 0 aliphatic heterocycles. The molecule has 0 saturated heterocycles. The fourth-order valence-electron chi connectivity index (χ4n) is 0.144. The van der Waals surface area contributed by atoms with Gasteiger partial charge in [0.05, 0.1) is 6.10 Å². The van der Waals surface area contributed by atoms with Gasteiger partial charge in [-0.25, -0.2) is 5.48 Å². The van der Waals surface area contributed by atoms with Gasteiger partial charge in [-0.15, -0.1) is 0 Å². The van der Waals surface area contributed by atoms with Crippen LogP contribution in [0.5, 0.6) is 0 Å². The monoisotopic (exact) mass is 100 g/mol. The van der Waals surface area contributed by atoms with E-state index in [0.29, 0.717) is 0 Å². The first-order valence-electron chi connectivity index (χ1n) is 2.07. The number of nitrogens with zero attached hydrogens (tertiary/aromatic N) is 1. The lowest BCUT2D eigenvalue weighted by atomic mass is 10.5. The second-order valence-corrected chi connectivity index (χ2v) is 1.38. The first kappa shape index (κ1) is 6.25. The number of hydrogen-bond acceptors (Lipinski definition) is 3. The molecule has 3 nitrogen and oxygen atoms in total. The minimum atomic E-state index is 0.0691. The molecule has 0 spiro atoms. The van der Waals surface area contributed by atoms with E-state index in [0.717, 1.165) is 0 Å². The number of nitriles is 1. The summed E-state index contributed by atoms with van der Waals surface area (Å²) in [6, 6.07) is 0. The molecule has 1 N–H and O–H groups in total. The van der Waals surface area contributed by atoms with Crippen LogP contribution in [0.25, 0.3) is 0 Å². The molecule has 0 atom stereocenters. The Morgan fingerprint density at radius 3 is 2.43 bits per heavy atom. The van der Waals surface area contributed by atoms with Gasteiger partial charge in [-0.05, 0) is 13.8 Å². The van der Waals surface area contributed by atoms with E-state index in [1.807, 2.05) is 13.8 Å². The predicted molar refractivity (Wildman–Crippen MR) is 25.0 cm³/mol. The van der Waals surface area contributed by atoms with Gasteiger partial charge in [-0.2, -0.15) is 5.26 Å². The topological polar surface area (TPSA) is 45.0 Å². The molecule has 0 bridgehead atoms. The smallest absolute Gasteiger partial charge is 0.202 e. The summed E-state index contributed by atoms with van der Waals surface area (Å²) in [4.78, 5) is 4.58. The minimum absolute atomic E-state index is 0.0691. The van der Waals surface area contributed by atoms with E-state index in [9.17, 15) is 0 Å². The lowest BCUT2D eigenvalue weighted by Crippen LogP contribution is -2.13. The van der Waals surface area contributed by atoms with Gasteiger partial charge < -0.3 is 0 Å². The van der Waals surface area contributed by atoms with Crippen molar-refractivity contribution in [1.29, 1.82) is 5.26 Å². The van der Waals surface area contributed by atoms with Crippen LogP contribution in [0.4, 0.5) is 0 Å². The van der Waals surface area contributed by atoms with Crippen molar-refractivity contribution in [3.8, 4) is 6.19 Å². The van der Waals surface area contributed by atoms with Gasteiger partial charge in [-0.1, -0.05) is 0 Å². The summed E-state index contributed by atoms with van der Waals surface area (Å²) in [5.41, 5.74) is 2.05. The van der Waals surface area contributed by atoms with Crippen molar-refractivity contribution in [3.63, 3.8) is 0 Å². The minimum Gasteiger partial charge on any atom is -0.264 e. The van der Waals surface area contributed by atoms with Crippen molar-refractivity contribution in [1.82, 2.24) is 5.48 Å². The third-order valence-corrected chi connectivity index (χ3v) is 0.340. The van der Waals surface area contributed by atoms with E-state index in [-0.39, 0.29) is 6.10 Å². The molecule has 0 heterocycles. The van der Waals surface area contributed by atoms with Crippen LogP contribution in [-0.2, 0) is 4.84 Å². The SMILES string of the molecule is CC(C)ONC#N. The number of hydrogen-bond donors (Lipinski definition) is 1. The highest BCUT2D eigenvalue weighted by atomic mass is 16.7. The first-order valence-corrected chi connectivity index (χ1v) is 2.07. The maximum atomic E-state index is 7.83. The van der Waals surface area contributed by atoms with Crippen LogP contribution in [0, 0.1) is 11.5 Å². The van der Waals surface area contributed by atoms with Crippen molar-refractivity contribution in [2.75, 3.05) is 0 Å². The zero-order valence-electron chi connectivity index (χ0n) is 4.43. The molecule has 7 heavy (non-hydrogen) atoms.